The van der Waals surface area contributed by atoms with Gasteiger partial charge in [0.25, 0.3) is 5.91 Å². The Labute approximate surface area is 166 Å². The van der Waals surface area contributed by atoms with Crippen LogP contribution >= 0.6 is 0 Å². The van der Waals surface area contributed by atoms with Crippen LogP contribution in [0.3, 0.4) is 0 Å². The summed E-state index contributed by atoms with van der Waals surface area (Å²) < 4.78 is 11.2. The van der Waals surface area contributed by atoms with E-state index in [1.54, 1.807) is 13.2 Å². The number of nitrogens with zero attached hydrogens (tertiary/aromatic N) is 1. The predicted octanol–water partition coefficient (Wildman–Crippen LogP) is 3.79. The van der Waals surface area contributed by atoms with Crippen molar-refractivity contribution >= 4 is 12.1 Å². The van der Waals surface area contributed by atoms with Crippen LogP contribution in [0.4, 0.5) is 0 Å². The maximum Gasteiger partial charge on any atom is 0.260 e. The molecule has 0 saturated heterocycles. The summed E-state index contributed by atoms with van der Waals surface area (Å²) in [4.78, 5) is 16.7. The summed E-state index contributed by atoms with van der Waals surface area (Å²) in [6.45, 7) is 5.22. The molecule has 2 rings (SSSR count). The van der Waals surface area contributed by atoms with Gasteiger partial charge in [-0.05, 0) is 36.1 Å². The van der Waals surface area contributed by atoms with E-state index >= 15 is 0 Å². The first kappa shape index (κ1) is 21.3. The van der Waals surface area contributed by atoms with E-state index in [-0.39, 0.29) is 12.5 Å². The third-order valence-electron chi connectivity index (χ3n) is 3.94. The number of hydrogen-bond acceptors (Lipinski definition) is 5. The fourth-order valence-corrected chi connectivity index (χ4v) is 2.36. The second kappa shape index (κ2) is 11.6. The molecule has 0 saturated carbocycles. The number of carbonyl (C=O) groups is 1. The van der Waals surface area contributed by atoms with Crippen LogP contribution in [-0.4, -0.2) is 32.4 Å². The highest BCUT2D eigenvalue weighted by atomic mass is 16.6. The number of amides is 1. The Morgan fingerprint density at radius 2 is 1.93 bits per heavy atom. The van der Waals surface area contributed by atoms with Crippen LogP contribution in [0.15, 0.2) is 53.7 Å². The second-order valence-electron chi connectivity index (χ2n) is 6.72. The number of nitrogens with one attached hydrogen (secondary N) is 1. The van der Waals surface area contributed by atoms with Crippen molar-refractivity contribution in [3.8, 4) is 11.5 Å². The van der Waals surface area contributed by atoms with Gasteiger partial charge in [0.05, 0.1) is 13.3 Å². The molecule has 0 heterocycles. The quantitative estimate of drug-likeness (QED) is 0.473. The van der Waals surface area contributed by atoms with Crippen molar-refractivity contribution in [2.75, 3.05) is 20.3 Å². The normalized spacial score (nSPS) is 10.9. The maximum absolute atomic E-state index is 11.6. The van der Waals surface area contributed by atoms with Crippen LogP contribution < -0.4 is 14.8 Å². The zero-order valence-corrected chi connectivity index (χ0v) is 16.7. The molecule has 0 radical (unpaired) electrons. The zero-order valence-electron chi connectivity index (χ0n) is 16.7. The predicted molar refractivity (Wildman–Crippen MR) is 110 cm³/mol. The molecule has 0 fully saturated rings. The van der Waals surface area contributed by atoms with Gasteiger partial charge in [-0.1, -0.05) is 49.3 Å². The molecule has 6 nitrogen and oxygen atoms in total. The van der Waals surface area contributed by atoms with Crippen molar-refractivity contribution in [2.45, 2.75) is 26.9 Å². The molecule has 0 spiro atoms. The largest absolute Gasteiger partial charge is 0.493 e. The van der Waals surface area contributed by atoms with Gasteiger partial charge in [0.2, 0.25) is 0 Å². The van der Waals surface area contributed by atoms with Crippen LogP contribution in [0.5, 0.6) is 11.5 Å². The Hall–Kier alpha value is -3.02. The minimum absolute atomic E-state index is 0.107. The van der Waals surface area contributed by atoms with Gasteiger partial charge in [-0.15, -0.1) is 0 Å². The van der Waals surface area contributed by atoms with E-state index in [2.05, 4.69) is 24.3 Å². The van der Waals surface area contributed by atoms with Crippen LogP contribution in [-0.2, 0) is 16.2 Å². The lowest BCUT2D eigenvalue weighted by molar-refractivity contribution is -0.125. The summed E-state index contributed by atoms with van der Waals surface area (Å²) in [5.41, 5.74) is 1.86. The van der Waals surface area contributed by atoms with E-state index in [0.29, 0.717) is 30.6 Å². The number of benzene rings is 2. The average Bonchev–Trinajstić information content (AvgIpc) is 2.70. The van der Waals surface area contributed by atoms with E-state index in [0.717, 1.165) is 17.5 Å². The summed E-state index contributed by atoms with van der Waals surface area (Å²) in [5, 5.41) is 6.63. The Morgan fingerprint density at radius 1 is 1.14 bits per heavy atom. The first-order valence-corrected chi connectivity index (χ1v) is 9.35. The van der Waals surface area contributed by atoms with Gasteiger partial charge in [-0.25, -0.2) is 0 Å². The SMILES string of the molecule is COc1cc(/C=N/OCC(=O)NCCC(C)C)ccc1OCc1ccccc1. The standard InChI is InChI=1S/C22H28N2O4/c1-17(2)11-12-23-22(25)16-28-24-14-19-9-10-20(21(13-19)26-3)27-15-18-7-5-4-6-8-18/h4-10,13-14,17H,11-12,15-16H2,1-3H3,(H,23,25)/b24-14+. The number of carbonyl (C=O) groups excluding carboxylic acids is 1. The minimum Gasteiger partial charge on any atom is -0.493 e. The molecule has 0 aliphatic rings. The second-order valence-corrected chi connectivity index (χ2v) is 6.72. The fraction of sp³-hybridized carbons (Fsp3) is 0.364. The van der Waals surface area contributed by atoms with E-state index in [1.165, 1.54) is 6.21 Å². The molecule has 0 atom stereocenters. The van der Waals surface area contributed by atoms with Gasteiger partial charge in [0.15, 0.2) is 18.1 Å². The van der Waals surface area contributed by atoms with E-state index in [9.17, 15) is 4.79 Å². The van der Waals surface area contributed by atoms with E-state index in [1.807, 2.05) is 42.5 Å². The zero-order chi connectivity index (χ0) is 20.2. The van der Waals surface area contributed by atoms with Crippen LogP contribution in [0.1, 0.15) is 31.4 Å². The summed E-state index contributed by atoms with van der Waals surface area (Å²) >= 11 is 0. The first-order valence-electron chi connectivity index (χ1n) is 9.35. The molecule has 2 aromatic rings. The Balaban J connectivity index is 1.82. The Kier molecular flexibility index (Phi) is 8.85. The Morgan fingerprint density at radius 3 is 2.64 bits per heavy atom. The van der Waals surface area contributed by atoms with Crippen molar-refractivity contribution < 1.29 is 19.1 Å². The monoisotopic (exact) mass is 384 g/mol. The van der Waals surface area contributed by atoms with Gasteiger partial charge in [0.1, 0.15) is 6.61 Å². The number of hydrogen-bond donors (Lipinski definition) is 1. The van der Waals surface area contributed by atoms with Crippen LogP contribution in [0, 0.1) is 5.92 Å². The van der Waals surface area contributed by atoms with Crippen molar-refractivity contribution in [3.05, 3.63) is 59.7 Å². The molecule has 28 heavy (non-hydrogen) atoms. The van der Waals surface area contributed by atoms with Crippen LogP contribution in [0.25, 0.3) is 0 Å². The highest BCUT2D eigenvalue weighted by Crippen LogP contribution is 2.28. The van der Waals surface area contributed by atoms with Gasteiger partial charge in [0, 0.05) is 12.1 Å². The lowest BCUT2D eigenvalue weighted by Gasteiger charge is -2.11. The molecule has 0 bridgehead atoms. The van der Waals surface area contributed by atoms with Crippen molar-refractivity contribution in [1.29, 1.82) is 0 Å². The molecule has 0 aliphatic heterocycles. The molecule has 1 N–H and O–H groups in total. The van der Waals surface area contributed by atoms with E-state index < -0.39 is 0 Å². The van der Waals surface area contributed by atoms with Crippen LogP contribution in [0.2, 0.25) is 0 Å². The third-order valence-corrected chi connectivity index (χ3v) is 3.94. The summed E-state index contributed by atoms with van der Waals surface area (Å²) in [6, 6.07) is 15.4. The molecule has 0 aromatic heterocycles. The van der Waals surface area contributed by atoms with E-state index in [4.69, 9.17) is 14.3 Å². The molecular weight excluding hydrogens is 356 g/mol. The average molecular weight is 384 g/mol. The number of oxime groups is 1. The highest BCUT2D eigenvalue weighted by Gasteiger charge is 2.06. The number of ether oxygens (including phenoxy) is 2. The van der Waals surface area contributed by atoms with Gasteiger partial charge < -0.3 is 19.6 Å². The van der Waals surface area contributed by atoms with Gasteiger partial charge in [-0.2, -0.15) is 0 Å². The molecule has 2 aromatic carbocycles. The first-order chi connectivity index (χ1) is 13.6. The topological polar surface area (TPSA) is 69.2 Å². The summed E-state index contributed by atoms with van der Waals surface area (Å²) in [6.07, 6.45) is 2.47. The molecule has 0 unspecified atom stereocenters. The highest BCUT2D eigenvalue weighted by molar-refractivity contribution is 5.81. The van der Waals surface area contributed by atoms with Crippen molar-refractivity contribution in [2.24, 2.45) is 11.1 Å². The Bertz CT molecular complexity index is 760. The number of methoxy groups -OCH3 is 1. The molecular formula is C22H28N2O4. The van der Waals surface area contributed by atoms with Crippen molar-refractivity contribution in [3.63, 3.8) is 0 Å². The summed E-state index contributed by atoms with van der Waals surface area (Å²) in [5.74, 6) is 1.62. The number of rotatable bonds is 11. The van der Waals surface area contributed by atoms with Crippen molar-refractivity contribution in [1.82, 2.24) is 5.32 Å². The third kappa shape index (κ3) is 7.70. The minimum atomic E-state index is -0.181. The molecule has 150 valence electrons. The lowest BCUT2D eigenvalue weighted by atomic mass is 10.1. The molecule has 1 amide bonds. The smallest absolute Gasteiger partial charge is 0.260 e. The fourth-order valence-electron chi connectivity index (χ4n) is 2.36. The van der Waals surface area contributed by atoms with Gasteiger partial charge >= 0.3 is 0 Å². The molecule has 0 aliphatic carbocycles. The summed E-state index contributed by atoms with van der Waals surface area (Å²) in [7, 11) is 1.59. The van der Waals surface area contributed by atoms with Gasteiger partial charge in [-0.3, -0.25) is 4.79 Å². The molecule has 6 heteroatoms. The maximum atomic E-state index is 11.6. The lowest BCUT2D eigenvalue weighted by Crippen LogP contribution is -2.28.